The third-order valence-electron chi connectivity index (χ3n) is 3.40. The number of benzene rings is 1. The van der Waals surface area contributed by atoms with Gasteiger partial charge < -0.3 is 14.5 Å². The SMILES string of the molecule is Cc1ccc(-c2ccc(NC(=O)C3CCCO3)cc2)o1. The van der Waals surface area contributed by atoms with Gasteiger partial charge in [-0.1, -0.05) is 0 Å². The molecule has 20 heavy (non-hydrogen) atoms. The van der Waals surface area contributed by atoms with E-state index in [-0.39, 0.29) is 12.0 Å². The fourth-order valence-corrected chi connectivity index (χ4v) is 2.31. The van der Waals surface area contributed by atoms with Gasteiger partial charge in [-0.2, -0.15) is 0 Å². The van der Waals surface area contributed by atoms with Crippen LogP contribution in [0.3, 0.4) is 0 Å². The Bertz CT molecular complexity index is 594. The number of hydrogen-bond acceptors (Lipinski definition) is 3. The number of amides is 1. The number of nitrogens with one attached hydrogen (secondary N) is 1. The summed E-state index contributed by atoms with van der Waals surface area (Å²) >= 11 is 0. The van der Waals surface area contributed by atoms with E-state index in [1.54, 1.807) is 0 Å². The number of aryl methyl sites for hydroxylation is 1. The van der Waals surface area contributed by atoms with Crippen molar-refractivity contribution in [2.75, 3.05) is 11.9 Å². The molecule has 1 aromatic carbocycles. The molecule has 4 nitrogen and oxygen atoms in total. The molecule has 0 aliphatic carbocycles. The molecule has 1 unspecified atom stereocenters. The molecule has 3 rings (SSSR count). The zero-order valence-electron chi connectivity index (χ0n) is 11.4. The highest BCUT2D eigenvalue weighted by Crippen LogP contribution is 2.24. The summed E-state index contributed by atoms with van der Waals surface area (Å²) in [4.78, 5) is 11.9. The monoisotopic (exact) mass is 271 g/mol. The Hall–Kier alpha value is -2.07. The van der Waals surface area contributed by atoms with Gasteiger partial charge in [-0.25, -0.2) is 0 Å². The van der Waals surface area contributed by atoms with Crippen LogP contribution >= 0.6 is 0 Å². The summed E-state index contributed by atoms with van der Waals surface area (Å²) in [5, 5.41) is 2.87. The third kappa shape index (κ3) is 2.75. The second-order valence-corrected chi connectivity index (χ2v) is 4.98. The predicted molar refractivity (Wildman–Crippen MR) is 76.5 cm³/mol. The first-order valence-corrected chi connectivity index (χ1v) is 6.82. The fraction of sp³-hybridized carbons (Fsp3) is 0.312. The quantitative estimate of drug-likeness (QED) is 0.931. The van der Waals surface area contributed by atoms with Gasteiger partial charge in [0.2, 0.25) is 0 Å². The largest absolute Gasteiger partial charge is 0.461 e. The first kappa shape index (κ1) is 12.9. The van der Waals surface area contributed by atoms with E-state index in [0.717, 1.165) is 35.6 Å². The van der Waals surface area contributed by atoms with Gasteiger partial charge in [0.1, 0.15) is 17.6 Å². The number of anilines is 1. The summed E-state index contributed by atoms with van der Waals surface area (Å²) in [6.07, 6.45) is 1.45. The van der Waals surface area contributed by atoms with Gasteiger partial charge in [0.15, 0.2) is 0 Å². The highest BCUT2D eigenvalue weighted by molar-refractivity contribution is 5.94. The molecule has 0 saturated carbocycles. The summed E-state index contributed by atoms with van der Waals surface area (Å²) in [6, 6.07) is 11.5. The molecule has 1 atom stereocenters. The van der Waals surface area contributed by atoms with Gasteiger partial charge in [0.05, 0.1) is 0 Å². The minimum absolute atomic E-state index is 0.0657. The topological polar surface area (TPSA) is 51.5 Å². The van der Waals surface area contributed by atoms with Crippen LogP contribution in [0.15, 0.2) is 40.8 Å². The first-order chi connectivity index (χ1) is 9.72. The molecule has 1 amide bonds. The molecule has 1 N–H and O–H groups in total. The number of furan rings is 1. The highest BCUT2D eigenvalue weighted by atomic mass is 16.5. The van der Waals surface area contributed by atoms with Crippen molar-refractivity contribution in [1.29, 1.82) is 0 Å². The standard InChI is InChI=1S/C16H17NO3/c1-11-4-9-14(20-11)12-5-7-13(8-6-12)17-16(18)15-3-2-10-19-15/h4-9,15H,2-3,10H2,1H3,(H,17,18). The zero-order valence-corrected chi connectivity index (χ0v) is 11.4. The van der Waals surface area contributed by atoms with Crippen LogP contribution in [0, 0.1) is 6.92 Å². The van der Waals surface area contributed by atoms with Crippen LogP contribution in [0.5, 0.6) is 0 Å². The second-order valence-electron chi connectivity index (χ2n) is 4.98. The molecular weight excluding hydrogens is 254 g/mol. The number of carbonyl (C=O) groups excluding carboxylic acids is 1. The summed E-state index contributed by atoms with van der Waals surface area (Å²) in [6.45, 7) is 2.59. The van der Waals surface area contributed by atoms with Crippen LogP contribution in [0.1, 0.15) is 18.6 Å². The van der Waals surface area contributed by atoms with Crippen molar-refractivity contribution in [3.05, 3.63) is 42.2 Å². The summed E-state index contributed by atoms with van der Waals surface area (Å²) < 4.78 is 10.9. The fourth-order valence-electron chi connectivity index (χ4n) is 2.31. The van der Waals surface area contributed by atoms with Crippen molar-refractivity contribution in [3.8, 4) is 11.3 Å². The maximum atomic E-state index is 11.9. The molecule has 1 aliphatic heterocycles. The normalized spacial score (nSPS) is 18.1. The van der Waals surface area contributed by atoms with Crippen molar-refractivity contribution < 1.29 is 13.9 Å². The number of carbonyl (C=O) groups is 1. The maximum Gasteiger partial charge on any atom is 0.253 e. The number of hydrogen-bond donors (Lipinski definition) is 1. The molecule has 2 heterocycles. The highest BCUT2D eigenvalue weighted by Gasteiger charge is 2.23. The van der Waals surface area contributed by atoms with Gasteiger partial charge in [0, 0.05) is 17.9 Å². The second kappa shape index (κ2) is 5.51. The van der Waals surface area contributed by atoms with E-state index >= 15 is 0 Å². The summed E-state index contributed by atoms with van der Waals surface area (Å²) in [5.74, 6) is 1.65. The van der Waals surface area contributed by atoms with Crippen LogP contribution in [-0.2, 0) is 9.53 Å². The lowest BCUT2D eigenvalue weighted by Gasteiger charge is -2.10. The average molecular weight is 271 g/mol. The lowest BCUT2D eigenvalue weighted by atomic mass is 10.1. The van der Waals surface area contributed by atoms with Gasteiger partial charge >= 0.3 is 0 Å². The van der Waals surface area contributed by atoms with E-state index in [1.165, 1.54) is 0 Å². The first-order valence-electron chi connectivity index (χ1n) is 6.82. The Labute approximate surface area is 117 Å². The Morgan fingerprint density at radius 3 is 2.60 bits per heavy atom. The molecule has 2 aromatic rings. The zero-order chi connectivity index (χ0) is 13.9. The molecule has 104 valence electrons. The predicted octanol–water partition coefficient (Wildman–Crippen LogP) is 3.37. The van der Waals surface area contributed by atoms with E-state index in [2.05, 4.69) is 5.32 Å². The van der Waals surface area contributed by atoms with Crippen molar-refractivity contribution >= 4 is 11.6 Å². The third-order valence-corrected chi connectivity index (χ3v) is 3.40. The Balaban J connectivity index is 1.68. The average Bonchev–Trinajstić information content (AvgIpc) is 3.10. The van der Waals surface area contributed by atoms with E-state index in [0.29, 0.717) is 6.61 Å². The lowest BCUT2D eigenvalue weighted by molar-refractivity contribution is -0.124. The van der Waals surface area contributed by atoms with Gasteiger partial charge in [-0.15, -0.1) is 0 Å². The van der Waals surface area contributed by atoms with Crippen molar-refractivity contribution in [2.24, 2.45) is 0 Å². The molecule has 1 aliphatic rings. The molecule has 0 spiro atoms. The molecule has 1 aromatic heterocycles. The Kier molecular flexibility index (Phi) is 3.56. The van der Waals surface area contributed by atoms with Crippen LogP contribution in [-0.4, -0.2) is 18.6 Å². The van der Waals surface area contributed by atoms with Gasteiger partial charge in [0.25, 0.3) is 5.91 Å². The van der Waals surface area contributed by atoms with E-state index in [1.807, 2.05) is 43.3 Å². The Morgan fingerprint density at radius 2 is 2.00 bits per heavy atom. The van der Waals surface area contributed by atoms with Crippen molar-refractivity contribution in [1.82, 2.24) is 0 Å². The Morgan fingerprint density at radius 1 is 1.20 bits per heavy atom. The lowest BCUT2D eigenvalue weighted by Crippen LogP contribution is -2.26. The van der Waals surface area contributed by atoms with E-state index in [4.69, 9.17) is 9.15 Å². The van der Waals surface area contributed by atoms with Gasteiger partial charge in [-0.3, -0.25) is 4.79 Å². The smallest absolute Gasteiger partial charge is 0.253 e. The van der Waals surface area contributed by atoms with E-state index in [9.17, 15) is 4.79 Å². The van der Waals surface area contributed by atoms with Crippen molar-refractivity contribution in [2.45, 2.75) is 25.9 Å². The van der Waals surface area contributed by atoms with Gasteiger partial charge in [-0.05, 0) is 56.2 Å². The van der Waals surface area contributed by atoms with Crippen LogP contribution in [0.4, 0.5) is 5.69 Å². The van der Waals surface area contributed by atoms with Crippen molar-refractivity contribution in [3.63, 3.8) is 0 Å². The molecular formula is C16H17NO3. The summed E-state index contributed by atoms with van der Waals surface area (Å²) in [7, 11) is 0. The minimum Gasteiger partial charge on any atom is -0.461 e. The number of rotatable bonds is 3. The molecule has 1 saturated heterocycles. The van der Waals surface area contributed by atoms with E-state index < -0.39 is 0 Å². The number of ether oxygens (including phenoxy) is 1. The molecule has 4 heteroatoms. The maximum absolute atomic E-state index is 11.9. The molecule has 0 bridgehead atoms. The van der Waals surface area contributed by atoms with Crippen LogP contribution in [0.2, 0.25) is 0 Å². The van der Waals surface area contributed by atoms with Crippen LogP contribution < -0.4 is 5.32 Å². The molecule has 0 radical (unpaired) electrons. The minimum atomic E-state index is -0.303. The molecule has 1 fully saturated rings. The summed E-state index contributed by atoms with van der Waals surface area (Å²) in [5.41, 5.74) is 1.77. The van der Waals surface area contributed by atoms with Crippen LogP contribution in [0.25, 0.3) is 11.3 Å².